The van der Waals surface area contributed by atoms with Gasteiger partial charge in [0.25, 0.3) is 0 Å². The van der Waals surface area contributed by atoms with Gasteiger partial charge in [-0.2, -0.15) is 0 Å². The van der Waals surface area contributed by atoms with Crippen LogP contribution in [-0.4, -0.2) is 34.6 Å². The molecule has 5 rings (SSSR count). The Balaban J connectivity index is 1.29. The molecule has 1 saturated heterocycles. The third kappa shape index (κ3) is 5.25. The van der Waals surface area contributed by atoms with Crippen LogP contribution in [0.25, 0.3) is 11.0 Å². The average molecular weight is 586 g/mol. The predicted octanol–water partition coefficient (Wildman–Crippen LogP) is 5.98. The number of nitrogens with zero attached hydrogens (tertiary/aromatic N) is 1. The Morgan fingerprint density at radius 3 is 2.82 bits per heavy atom. The molecular weight excluding hydrogens is 553 g/mol. The van der Waals surface area contributed by atoms with E-state index in [9.17, 15) is 19.1 Å². The van der Waals surface area contributed by atoms with Gasteiger partial charge in [0.1, 0.15) is 23.8 Å². The van der Waals surface area contributed by atoms with E-state index in [1.54, 1.807) is 18.2 Å². The first-order valence-corrected chi connectivity index (χ1v) is 14.1. The molecule has 0 unspecified atom stereocenters. The number of fused-ring (bicyclic) bond motifs is 2. The van der Waals surface area contributed by atoms with Gasteiger partial charge in [0.2, 0.25) is 5.91 Å². The molecule has 0 radical (unpaired) electrons. The Morgan fingerprint density at radius 1 is 1.21 bits per heavy atom. The molecule has 202 valence electrons. The SMILES string of the molecule is Cc1c(CCC(=O)N2CC[C@@]3(O)CCCC[C@H]3C2)c(=O)oc2c(C)c(OCc3ccc(Br)cc3F)ccc12. The van der Waals surface area contributed by atoms with Gasteiger partial charge >= 0.3 is 5.63 Å². The minimum atomic E-state index is -0.627. The summed E-state index contributed by atoms with van der Waals surface area (Å²) in [4.78, 5) is 27.9. The van der Waals surface area contributed by atoms with Crippen LogP contribution in [0, 0.1) is 25.6 Å². The molecule has 2 heterocycles. The van der Waals surface area contributed by atoms with Crippen molar-refractivity contribution in [3.63, 3.8) is 0 Å². The molecule has 2 atom stereocenters. The minimum absolute atomic E-state index is 0.0108. The molecule has 2 aromatic carbocycles. The van der Waals surface area contributed by atoms with Gasteiger partial charge < -0.3 is 19.2 Å². The molecule has 1 saturated carbocycles. The van der Waals surface area contributed by atoms with Crippen LogP contribution in [0.5, 0.6) is 5.75 Å². The first-order chi connectivity index (χ1) is 18.2. The number of aryl methyl sites for hydroxylation is 2. The molecule has 2 aliphatic rings. The van der Waals surface area contributed by atoms with Crippen molar-refractivity contribution in [2.75, 3.05) is 13.1 Å². The fourth-order valence-corrected chi connectivity index (χ4v) is 6.33. The number of aliphatic hydroxyl groups is 1. The highest BCUT2D eigenvalue weighted by Gasteiger charge is 2.43. The zero-order valence-electron chi connectivity index (χ0n) is 21.8. The number of halogens is 2. The van der Waals surface area contributed by atoms with Crippen molar-refractivity contribution in [2.24, 2.45) is 5.92 Å². The van der Waals surface area contributed by atoms with E-state index in [0.29, 0.717) is 58.4 Å². The second kappa shape index (κ2) is 10.8. The van der Waals surface area contributed by atoms with Crippen LogP contribution in [0.15, 0.2) is 44.0 Å². The minimum Gasteiger partial charge on any atom is -0.488 e. The molecule has 1 aromatic heterocycles. The molecule has 3 aromatic rings. The number of carbonyl (C=O) groups is 1. The Kier molecular flexibility index (Phi) is 7.65. The van der Waals surface area contributed by atoms with E-state index in [4.69, 9.17) is 9.15 Å². The van der Waals surface area contributed by atoms with Crippen molar-refractivity contribution in [3.8, 4) is 5.75 Å². The zero-order chi connectivity index (χ0) is 27.0. The predicted molar refractivity (Wildman–Crippen MR) is 147 cm³/mol. The maximum absolute atomic E-state index is 14.2. The van der Waals surface area contributed by atoms with Gasteiger partial charge in [0.05, 0.1) is 5.60 Å². The summed E-state index contributed by atoms with van der Waals surface area (Å²) in [5.74, 6) is 0.300. The molecule has 1 N–H and O–H groups in total. The Bertz CT molecular complexity index is 1440. The zero-order valence-corrected chi connectivity index (χ0v) is 23.4. The molecule has 2 fully saturated rings. The number of hydrogen-bond donors (Lipinski definition) is 1. The maximum Gasteiger partial charge on any atom is 0.339 e. The van der Waals surface area contributed by atoms with Crippen molar-refractivity contribution in [2.45, 2.75) is 71.0 Å². The number of amides is 1. The van der Waals surface area contributed by atoms with Gasteiger partial charge in [-0.25, -0.2) is 9.18 Å². The summed E-state index contributed by atoms with van der Waals surface area (Å²) < 4.78 is 26.4. The second-order valence-electron chi connectivity index (χ2n) is 10.7. The third-order valence-electron chi connectivity index (χ3n) is 8.42. The molecule has 8 heteroatoms. The monoisotopic (exact) mass is 585 g/mol. The number of rotatable bonds is 6. The summed E-state index contributed by atoms with van der Waals surface area (Å²) in [6.07, 6.45) is 5.07. The van der Waals surface area contributed by atoms with Crippen molar-refractivity contribution in [3.05, 3.63) is 73.3 Å². The van der Waals surface area contributed by atoms with Gasteiger partial charge in [0, 0.05) is 52.0 Å². The second-order valence-corrected chi connectivity index (χ2v) is 11.6. The summed E-state index contributed by atoms with van der Waals surface area (Å²) in [5, 5.41) is 11.7. The quantitative estimate of drug-likeness (QED) is 0.360. The Labute approximate surface area is 229 Å². The summed E-state index contributed by atoms with van der Waals surface area (Å²) in [6, 6.07) is 8.45. The fourth-order valence-electron chi connectivity index (χ4n) is 6.00. The molecule has 0 spiro atoms. The summed E-state index contributed by atoms with van der Waals surface area (Å²) in [6.45, 7) is 4.88. The lowest BCUT2D eigenvalue weighted by Crippen LogP contribution is -2.54. The molecule has 1 aliphatic heterocycles. The lowest BCUT2D eigenvalue weighted by molar-refractivity contribution is -0.143. The van der Waals surface area contributed by atoms with E-state index in [1.807, 2.05) is 24.8 Å². The largest absolute Gasteiger partial charge is 0.488 e. The van der Waals surface area contributed by atoms with Gasteiger partial charge in [-0.3, -0.25) is 4.79 Å². The van der Waals surface area contributed by atoms with E-state index in [-0.39, 0.29) is 30.7 Å². The van der Waals surface area contributed by atoms with Crippen LogP contribution in [0.2, 0.25) is 0 Å². The number of piperidine rings is 1. The van der Waals surface area contributed by atoms with E-state index in [1.165, 1.54) is 6.07 Å². The maximum atomic E-state index is 14.2. The van der Waals surface area contributed by atoms with Gasteiger partial charge in [-0.15, -0.1) is 0 Å². The highest BCUT2D eigenvalue weighted by atomic mass is 79.9. The highest BCUT2D eigenvalue weighted by Crippen LogP contribution is 2.40. The number of likely N-dealkylation sites (tertiary alicyclic amines) is 1. The topological polar surface area (TPSA) is 80.0 Å². The lowest BCUT2D eigenvalue weighted by Gasteiger charge is -2.47. The normalized spacial score (nSPS) is 21.4. The molecule has 1 aliphatic carbocycles. The Hall–Kier alpha value is -2.71. The van der Waals surface area contributed by atoms with Crippen LogP contribution in [-0.2, 0) is 17.8 Å². The fraction of sp³-hybridized carbons (Fsp3) is 0.467. The van der Waals surface area contributed by atoms with E-state index >= 15 is 0 Å². The molecule has 0 bridgehead atoms. The third-order valence-corrected chi connectivity index (χ3v) is 8.91. The molecule has 6 nitrogen and oxygen atoms in total. The summed E-state index contributed by atoms with van der Waals surface area (Å²) in [7, 11) is 0. The number of benzene rings is 2. The highest BCUT2D eigenvalue weighted by molar-refractivity contribution is 9.10. The van der Waals surface area contributed by atoms with Crippen LogP contribution in [0.1, 0.15) is 60.8 Å². The Morgan fingerprint density at radius 2 is 2.03 bits per heavy atom. The van der Waals surface area contributed by atoms with Gasteiger partial charge in [-0.05, 0) is 69.4 Å². The lowest BCUT2D eigenvalue weighted by atomic mass is 9.71. The first-order valence-electron chi connectivity index (χ1n) is 13.3. The van der Waals surface area contributed by atoms with Crippen LogP contribution in [0.4, 0.5) is 4.39 Å². The van der Waals surface area contributed by atoms with Crippen LogP contribution in [0.3, 0.4) is 0 Å². The number of carbonyl (C=O) groups excluding carboxylic acids is 1. The number of hydrogen-bond acceptors (Lipinski definition) is 5. The van der Waals surface area contributed by atoms with Crippen molar-refractivity contribution < 1.29 is 23.4 Å². The standard InChI is InChI=1S/C30H33BrFNO5/c1-18-23-8-10-26(37-17-20-6-7-22(31)15-25(20)32)19(2)28(23)38-29(35)24(18)9-11-27(34)33-14-13-30(36)12-4-3-5-21(30)16-33/h6-8,10,15,21,36H,3-5,9,11-14,16-17H2,1-2H3/t21-,30-/m0/s1. The number of ether oxygens (including phenoxy) is 1. The first kappa shape index (κ1) is 26.9. The molecular formula is C30H33BrFNO5. The summed E-state index contributed by atoms with van der Waals surface area (Å²) in [5.41, 5.74) is 1.73. The average Bonchev–Trinajstić information content (AvgIpc) is 2.88. The van der Waals surface area contributed by atoms with Crippen molar-refractivity contribution >= 4 is 32.8 Å². The van der Waals surface area contributed by atoms with Crippen LogP contribution >= 0.6 is 15.9 Å². The molecule has 1 amide bonds. The molecule has 38 heavy (non-hydrogen) atoms. The van der Waals surface area contributed by atoms with E-state index in [0.717, 1.165) is 36.6 Å². The van der Waals surface area contributed by atoms with E-state index < -0.39 is 11.2 Å². The van der Waals surface area contributed by atoms with Crippen molar-refractivity contribution in [1.82, 2.24) is 4.90 Å². The van der Waals surface area contributed by atoms with E-state index in [2.05, 4.69) is 15.9 Å². The van der Waals surface area contributed by atoms with Gasteiger partial charge in [-0.1, -0.05) is 34.8 Å². The smallest absolute Gasteiger partial charge is 0.339 e. The van der Waals surface area contributed by atoms with Crippen LogP contribution < -0.4 is 10.4 Å². The van der Waals surface area contributed by atoms with Gasteiger partial charge in [0.15, 0.2) is 0 Å². The van der Waals surface area contributed by atoms with Crippen molar-refractivity contribution in [1.29, 1.82) is 0 Å². The summed E-state index contributed by atoms with van der Waals surface area (Å²) >= 11 is 3.25.